The summed E-state index contributed by atoms with van der Waals surface area (Å²) in [6.07, 6.45) is 1.53. The van der Waals surface area contributed by atoms with Crippen LogP contribution in [-0.4, -0.2) is 26.3 Å². The molecule has 0 saturated carbocycles. The van der Waals surface area contributed by atoms with Crippen molar-refractivity contribution in [2.24, 2.45) is 5.92 Å². The van der Waals surface area contributed by atoms with Crippen LogP contribution in [0.4, 0.5) is 14.5 Å². The molecular weight excluding hydrogens is 448 g/mol. The van der Waals surface area contributed by atoms with E-state index < -0.39 is 16.2 Å². The van der Waals surface area contributed by atoms with Gasteiger partial charge >= 0.3 is 10.1 Å². The smallest absolute Gasteiger partial charge is 0.306 e. The zero-order chi connectivity index (χ0) is 23.6. The van der Waals surface area contributed by atoms with Gasteiger partial charge in [-0.2, -0.15) is 8.42 Å². The lowest BCUT2D eigenvalue weighted by Gasteiger charge is -2.50. The van der Waals surface area contributed by atoms with E-state index in [0.29, 0.717) is 12.0 Å². The highest BCUT2D eigenvalue weighted by Gasteiger charge is 2.40. The molecular formula is C25H25F2NO4S. The molecule has 174 valence electrons. The van der Waals surface area contributed by atoms with Gasteiger partial charge in [0.1, 0.15) is 17.4 Å². The van der Waals surface area contributed by atoms with Crippen molar-refractivity contribution in [3.05, 3.63) is 95.6 Å². The minimum Gasteiger partial charge on any atom is -0.388 e. The van der Waals surface area contributed by atoms with Gasteiger partial charge in [0.15, 0.2) is 0 Å². The Bertz CT molecular complexity index is 1180. The van der Waals surface area contributed by atoms with Gasteiger partial charge in [-0.1, -0.05) is 24.3 Å². The van der Waals surface area contributed by atoms with E-state index in [-0.39, 0.29) is 29.3 Å². The van der Waals surface area contributed by atoms with E-state index in [1.54, 1.807) is 36.4 Å². The van der Waals surface area contributed by atoms with Gasteiger partial charge in [-0.05, 0) is 72.5 Å². The molecule has 0 aliphatic carbocycles. The Kier molecular flexibility index (Phi) is 6.67. The first-order valence-corrected chi connectivity index (χ1v) is 12.5. The van der Waals surface area contributed by atoms with Crippen molar-refractivity contribution in [1.82, 2.24) is 0 Å². The minimum absolute atomic E-state index is 0.0248. The van der Waals surface area contributed by atoms with Gasteiger partial charge in [-0.15, -0.1) is 0 Å². The lowest BCUT2D eigenvalue weighted by molar-refractivity contribution is 0.144. The molecule has 1 aliphatic rings. The summed E-state index contributed by atoms with van der Waals surface area (Å²) in [5.41, 5.74) is 2.52. The number of aliphatic hydroxyl groups is 1. The maximum atomic E-state index is 13.4. The van der Waals surface area contributed by atoms with Crippen LogP contribution >= 0.6 is 0 Å². The van der Waals surface area contributed by atoms with Gasteiger partial charge in [0.25, 0.3) is 0 Å². The molecule has 0 unspecified atom stereocenters. The highest BCUT2D eigenvalue weighted by molar-refractivity contribution is 7.86. The summed E-state index contributed by atoms with van der Waals surface area (Å²) >= 11 is 0. The van der Waals surface area contributed by atoms with Crippen molar-refractivity contribution in [3.8, 4) is 5.75 Å². The number of rotatable bonds is 8. The van der Waals surface area contributed by atoms with Crippen molar-refractivity contribution < 1.29 is 26.5 Å². The number of benzene rings is 3. The van der Waals surface area contributed by atoms with Crippen LogP contribution in [0.25, 0.3) is 0 Å². The van der Waals surface area contributed by atoms with E-state index in [0.717, 1.165) is 30.5 Å². The summed E-state index contributed by atoms with van der Waals surface area (Å²) < 4.78 is 54.3. The van der Waals surface area contributed by atoms with Crippen LogP contribution in [0.5, 0.6) is 5.75 Å². The largest absolute Gasteiger partial charge is 0.388 e. The average Bonchev–Trinajstić information content (AvgIpc) is 2.75. The number of hydrogen-bond donors (Lipinski definition) is 1. The molecule has 33 heavy (non-hydrogen) atoms. The summed E-state index contributed by atoms with van der Waals surface area (Å²) in [6, 6.07) is 19.0. The van der Waals surface area contributed by atoms with Gasteiger partial charge in [0.05, 0.1) is 18.4 Å². The van der Waals surface area contributed by atoms with E-state index in [4.69, 9.17) is 4.18 Å². The van der Waals surface area contributed by atoms with Crippen LogP contribution in [0.3, 0.4) is 0 Å². The molecule has 1 N–H and O–H groups in total. The molecule has 3 atom stereocenters. The molecule has 0 amide bonds. The first kappa shape index (κ1) is 23.2. The third kappa shape index (κ3) is 5.69. The number of nitrogens with zero attached hydrogens (tertiary/aromatic N) is 1. The normalized spacial score (nSPS) is 19.1. The monoisotopic (exact) mass is 473 g/mol. The summed E-state index contributed by atoms with van der Waals surface area (Å²) in [4.78, 5) is 2.15. The summed E-state index contributed by atoms with van der Waals surface area (Å²) in [5.74, 6) is -0.204. The lowest BCUT2D eigenvalue weighted by Crippen LogP contribution is -2.50. The second kappa shape index (κ2) is 9.49. The van der Waals surface area contributed by atoms with Gasteiger partial charge in [-0.3, -0.25) is 0 Å². The fraction of sp³-hybridized carbons (Fsp3) is 0.280. The minimum atomic E-state index is -3.61. The second-order valence-electron chi connectivity index (χ2n) is 8.33. The van der Waals surface area contributed by atoms with E-state index in [9.17, 15) is 22.3 Å². The van der Waals surface area contributed by atoms with Crippen molar-refractivity contribution in [1.29, 1.82) is 0 Å². The zero-order valence-corrected chi connectivity index (χ0v) is 18.9. The van der Waals surface area contributed by atoms with Gasteiger partial charge in [0.2, 0.25) is 0 Å². The van der Waals surface area contributed by atoms with Gasteiger partial charge < -0.3 is 14.2 Å². The van der Waals surface area contributed by atoms with Crippen LogP contribution in [0.2, 0.25) is 0 Å². The van der Waals surface area contributed by atoms with Crippen molar-refractivity contribution in [3.63, 3.8) is 0 Å². The first-order chi connectivity index (χ1) is 15.7. The molecule has 3 aromatic carbocycles. The number of halogens is 2. The third-order valence-corrected chi connectivity index (χ3v) is 6.40. The third-order valence-electron chi connectivity index (χ3n) is 5.91. The predicted octanol–water partition coefficient (Wildman–Crippen LogP) is 4.99. The highest BCUT2D eigenvalue weighted by Crippen LogP contribution is 2.45. The summed E-state index contributed by atoms with van der Waals surface area (Å²) in [6.45, 7) is 0.730. The fourth-order valence-corrected chi connectivity index (χ4v) is 4.76. The molecule has 4 rings (SSSR count). The van der Waals surface area contributed by atoms with Crippen molar-refractivity contribution in [2.75, 3.05) is 17.7 Å². The second-order valence-corrected chi connectivity index (χ2v) is 9.91. The van der Waals surface area contributed by atoms with Crippen LogP contribution in [0.15, 0.2) is 72.8 Å². The molecule has 1 saturated heterocycles. The molecule has 0 radical (unpaired) electrons. The molecule has 8 heteroatoms. The molecule has 1 aliphatic heterocycles. The number of anilines is 1. The molecule has 1 fully saturated rings. The molecule has 0 spiro atoms. The first-order valence-electron chi connectivity index (χ1n) is 10.6. The molecule has 5 nitrogen and oxygen atoms in total. The van der Waals surface area contributed by atoms with Crippen molar-refractivity contribution in [2.45, 2.75) is 25.0 Å². The molecule has 0 aromatic heterocycles. The van der Waals surface area contributed by atoms with Crippen LogP contribution in [-0.2, 0) is 10.1 Å². The highest BCUT2D eigenvalue weighted by atomic mass is 32.2. The lowest BCUT2D eigenvalue weighted by atomic mass is 9.79. The molecule has 3 aromatic rings. The SMILES string of the molecule is CS(=O)(=O)Oc1ccc([C@@H]2[C@@H](CC[C@H](O)c3ccc(F)cc3)CN2c2ccc(F)cc2)cc1. The molecule has 1 heterocycles. The van der Waals surface area contributed by atoms with E-state index >= 15 is 0 Å². The maximum absolute atomic E-state index is 13.4. The van der Waals surface area contributed by atoms with E-state index in [2.05, 4.69) is 4.90 Å². The topological polar surface area (TPSA) is 66.8 Å². The Morgan fingerprint density at radius 3 is 2.12 bits per heavy atom. The van der Waals surface area contributed by atoms with Crippen LogP contribution in [0.1, 0.15) is 36.1 Å². The Morgan fingerprint density at radius 2 is 1.55 bits per heavy atom. The quantitative estimate of drug-likeness (QED) is 0.467. The van der Waals surface area contributed by atoms with Gasteiger partial charge in [0, 0.05) is 18.2 Å². The number of hydrogen-bond acceptors (Lipinski definition) is 5. The van der Waals surface area contributed by atoms with Crippen LogP contribution in [0, 0.1) is 17.6 Å². The Labute approximate surface area is 192 Å². The average molecular weight is 474 g/mol. The predicted molar refractivity (Wildman–Crippen MR) is 122 cm³/mol. The van der Waals surface area contributed by atoms with Gasteiger partial charge in [-0.25, -0.2) is 8.78 Å². The Balaban J connectivity index is 1.51. The maximum Gasteiger partial charge on any atom is 0.306 e. The van der Waals surface area contributed by atoms with E-state index in [1.807, 2.05) is 12.1 Å². The number of aliphatic hydroxyl groups excluding tert-OH is 1. The summed E-state index contributed by atoms with van der Waals surface area (Å²) in [5, 5.41) is 10.5. The standard InChI is InChI=1S/C25H25F2NO4S/c1-33(30,31)32-23-13-4-18(5-14-23)25-19(16-28(25)22-11-9-21(27)10-12-22)6-15-24(29)17-2-7-20(26)8-3-17/h2-5,7-14,19,24-25,29H,6,15-16H2,1H3/t19-,24-,25+/m0/s1. The Morgan fingerprint density at radius 1 is 0.970 bits per heavy atom. The molecule has 0 bridgehead atoms. The van der Waals surface area contributed by atoms with Crippen molar-refractivity contribution >= 4 is 15.8 Å². The summed E-state index contributed by atoms with van der Waals surface area (Å²) in [7, 11) is -3.61. The van der Waals surface area contributed by atoms with Crippen LogP contribution < -0.4 is 9.08 Å². The van der Waals surface area contributed by atoms with E-state index in [1.165, 1.54) is 24.3 Å². The Hall–Kier alpha value is -2.97. The fourth-order valence-electron chi connectivity index (χ4n) is 4.30. The zero-order valence-electron chi connectivity index (χ0n) is 18.1.